The zero-order chi connectivity index (χ0) is 16.7. The van der Waals surface area contributed by atoms with Crippen molar-refractivity contribution in [2.24, 2.45) is 0 Å². The Morgan fingerprint density at radius 2 is 1.75 bits per heavy atom. The van der Waals surface area contributed by atoms with Gasteiger partial charge in [0.25, 0.3) is 5.91 Å². The van der Waals surface area contributed by atoms with E-state index in [-0.39, 0.29) is 5.91 Å². The molecule has 0 aromatic heterocycles. The van der Waals surface area contributed by atoms with Crippen molar-refractivity contribution < 1.29 is 14.3 Å². The van der Waals surface area contributed by atoms with E-state index in [0.29, 0.717) is 17.7 Å². The highest BCUT2D eigenvalue weighted by Gasteiger charge is 2.59. The minimum absolute atomic E-state index is 0.260. The van der Waals surface area contributed by atoms with Crippen LogP contribution in [0.2, 0.25) is 0 Å². The fraction of sp³-hybridized carbons (Fsp3) is 0.100. The van der Waals surface area contributed by atoms with Gasteiger partial charge in [-0.05, 0) is 11.6 Å². The third-order valence-electron chi connectivity index (χ3n) is 4.41. The van der Waals surface area contributed by atoms with E-state index in [1.54, 1.807) is 11.0 Å². The van der Waals surface area contributed by atoms with Crippen LogP contribution in [-0.4, -0.2) is 18.4 Å². The number of carbonyl (C=O) groups excluding carboxylic acids is 2. The molecule has 118 valence electrons. The molecule has 0 aliphatic carbocycles. The molecule has 0 unspecified atom stereocenters. The number of carbonyl (C=O) groups is 2. The van der Waals surface area contributed by atoms with Crippen LogP contribution in [0.25, 0.3) is 5.57 Å². The molecule has 1 amide bonds. The van der Waals surface area contributed by atoms with E-state index in [2.05, 4.69) is 6.58 Å². The zero-order valence-corrected chi connectivity index (χ0v) is 12.9. The zero-order valence-electron chi connectivity index (χ0n) is 12.9. The predicted molar refractivity (Wildman–Crippen MR) is 91.2 cm³/mol. The third-order valence-corrected chi connectivity index (χ3v) is 4.41. The first-order chi connectivity index (χ1) is 11.7. The molecule has 4 nitrogen and oxygen atoms in total. The number of anilines is 1. The molecule has 0 N–H and O–H groups in total. The molecule has 1 atom stereocenters. The topological polar surface area (TPSA) is 46.6 Å². The Morgan fingerprint density at radius 1 is 1.04 bits per heavy atom. The Morgan fingerprint density at radius 3 is 2.50 bits per heavy atom. The van der Waals surface area contributed by atoms with Crippen molar-refractivity contribution in [3.8, 4) is 0 Å². The van der Waals surface area contributed by atoms with Crippen molar-refractivity contribution in [2.75, 3.05) is 11.4 Å². The van der Waals surface area contributed by atoms with Crippen molar-refractivity contribution in [1.29, 1.82) is 0 Å². The summed E-state index contributed by atoms with van der Waals surface area (Å²) in [6.07, 6.45) is 3.08. The lowest BCUT2D eigenvalue weighted by Gasteiger charge is -2.26. The molecule has 0 radical (unpaired) electrons. The summed E-state index contributed by atoms with van der Waals surface area (Å²) in [4.78, 5) is 27.0. The van der Waals surface area contributed by atoms with Gasteiger partial charge in [-0.1, -0.05) is 54.6 Å². The maximum absolute atomic E-state index is 13.3. The number of hydrogen-bond donors (Lipinski definition) is 0. The molecule has 0 fully saturated rings. The molecular formula is C20H15NO3. The maximum Gasteiger partial charge on any atom is 0.332 e. The molecule has 2 heterocycles. The number of esters is 1. The summed E-state index contributed by atoms with van der Waals surface area (Å²) < 4.78 is 5.64. The van der Waals surface area contributed by atoms with Gasteiger partial charge in [-0.25, -0.2) is 4.79 Å². The molecular weight excluding hydrogens is 302 g/mol. The van der Waals surface area contributed by atoms with Crippen molar-refractivity contribution in [2.45, 2.75) is 5.60 Å². The van der Waals surface area contributed by atoms with Crippen LogP contribution in [0.5, 0.6) is 0 Å². The van der Waals surface area contributed by atoms with E-state index in [9.17, 15) is 9.59 Å². The van der Waals surface area contributed by atoms with Gasteiger partial charge in [-0.15, -0.1) is 6.58 Å². The van der Waals surface area contributed by atoms with Crippen LogP contribution >= 0.6 is 0 Å². The first-order valence-corrected chi connectivity index (χ1v) is 7.71. The highest BCUT2D eigenvalue weighted by atomic mass is 16.6. The van der Waals surface area contributed by atoms with Gasteiger partial charge in [-0.3, -0.25) is 4.79 Å². The van der Waals surface area contributed by atoms with Gasteiger partial charge in [0, 0.05) is 23.8 Å². The van der Waals surface area contributed by atoms with Crippen LogP contribution in [-0.2, 0) is 19.9 Å². The summed E-state index contributed by atoms with van der Waals surface area (Å²) in [5.74, 6) is -0.762. The van der Waals surface area contributed by atoms with Crippen LogP contribution in [0.1, 0.15) is 11.1 Å². The van der Waals surface area contributed by atoms with E-state index >= 15 is 0 Å². The molecule has 2 aliphatic heterocycles. The molecule has 4 heteroatoms. The Balaban J connectivity index is 1.96. The predicted octanol–water partition coefficient (Wildman–Crippen LogP) is 3.05. The summed E-state index contributed by atoms with van der Waals surface area (Å²) >= 11 is 0. The normalized spacial score (nSPS) is 21.7. The molecule has 1 spiro atoms. The van der Waals surface area contributed by atoms with Gasteiger partial charge >= 0.3 is 5.97 Å². The van der Waals surface area contributed by atoms with E-state index in [1.807, 2.05) is 54.6 Å². The first kappa shape index (κ1) is 14.5. The number of rotatable bonds is 3. The number of fused-ring (bicyclic) bond motifs is 2. The number of para-hydroxylation sites is 1. The lowest BCUT2D eigenvalue weighted by Crippen LogP contribution is -2.42. The summed E-state index contributed by atoms with van der Waals surface area (Å²) in [6.45, 7) is 4.08. The van der Waals surface area contributed by atoms with Crippen LogP contribution in [0.4, 0.5) is 5.69 Å². The molecule has 2 aliphatic rings. The van der Waals surface area contributed by atoms with Crippen molar-refractivity contribution in [3.63, 3.8) is 0 Å². The molecule has 2 aromatic carbocycles. The van der Waals surface area contributed by atoms with Crippen LogP contribution in [0.3, 0.4) is 0 Å². The summed E-state index contributed by atoms with van der Waals surface area (Å²) in [5, 5.41) is 0. The highest BCUT2D eigenvalue weighted by molar-refractivity contribution is 6.20. The summed E-state index contributed by atoms with van der Waals surface area (Å²) in [5.41, 5.74) is 1.42. The van der Waals surface area contributed by atoms with Gasteiger partial charge in [-0.2, -0.15) is 0 Å². The minimum Gasteiger partial charge on any atom is -0.436 e. The fourth-order valence-electron chi connectivity index (χ4n) is 3.45. The quantitative estimate of drug-likeness (QED) is 0.646. The lowest BCUT2D eigenvalue weighted by molar-refractivity contribution is -0.153. The second kappa shape index (κ2) is 5.20. The molecule has 0 saturated carbocycles. The monoisotopic (exact) mass is 317 g/mol. The highest BCUT2D eigenvalue weighted by Crippen LogP contribution is 2.52. The summed E-state index contributed by atoms with van der Waals surface area (Å²) in [7, 11) is 0. The van der Waals surface area contributed by atoms with Crippen LogP contribution in [0.15, 0.2) is 73.3 Å². The smallest absolute Gasteiger partial charge is 0.332 e. The number of hydrogen-bond acceptors (Lipinski definition) is 3. The van der Waals surface area contributed by atoms with E-state index < -0.39 is 11.6 Å². The van der Waals surface area contributed by atoms with Crippen molar-refractivity contribution >= 4 is 23.1 Å². The van der Waals surface area contributed by atoms with E-state index in [4.69, 9.17) is 4.74 Å². The largest absolute Gasteiger partial charge is 0.436 e. The van der Waals surface area contributed by atoms with E-state index in [1.165, 1.54) is 6.08 Å². The standard InChI is InChI=1S/C20H15NO3/c1-2-12-21-17-11-7-6-10-15(17)20(19(21)23)16(13-18(22)24-20)14-8-4-3-5-9-14/h2-11,13H,1,12H2/t20-/m0/s1. The van der Waals surface area contributed by atoms with Gasteiger partial charge in [0.1, 0.15) is 0 Å². The Labute approximate surface area is 139 Å². The number of amides is 1. The molecule has 0 saturated heterocycles. The van der Waals surface area contributed by atoms with Crippen LogP contribution in [0, 0.1) is 0 Å². The van der Waals surface area contributed by atoms with Gasteiger partial charge < -0.3 is 9.64 Å². The fourth-order valence-corrected chi connectivity index (χ4v) is 3.45. The van der Waals surface area contributed by atoms with Gasteiger partial charge in [0.2, 0.25) is 5.60 Å². The van der Waals surface area contributed by atoms with Crippen molar-refractivity contribution in [3.05, 3.63) is 84.5 Å². The van der Waals surface area contributed by atoms with Crippen LogP contribution < -0.4 is 4.90 Å². The second-order valence-electron chi connectivity index (χ2n) is 5.75. The summed E-state index contributed by atoms with van der Waals surface area (Å²) in [6, 6.07) is 16.8. The Bertz CT molecular complexity index is 885. The minimum atomic E-state index is -1.40. The maximum atomic E-state index is 13.3. The number of benzene rings is 2. The SMILES string of the molecule is C=CCN1C(=O)[C@]2(OC(=O)C=C2c2ccccc2)c2ccccc21. The lowest BCUT2D eigenvalue weighted by atomic mass is 9.84. The Hall–Kier alpha value is -3.14. The van der Waals surface area contributed by atoms with Gasteiger partial charge in [0.05, 0.1) is 5.69 Å². The molecule has 0 bridgehead atoms. The second-order valence-corrected chi connectivity index (χ2v) is 5.75. The van der Waals surface area contributed by atoms with E-state index in [0.717, 1.165) is 11.3 Å². The molecule has 24 heavy (non-hydrogen) atoms. The molecule has 4 rings (SSSR count). The van der Waals surface area contributed by atoms with Crippen molar-refractivity contribution in [1.82, 2.24) is 0 Å². The first-order valence-electron chi connectivity index (χ1n) is 7.71. The average molecular weight is 317 g/mol. The number of nitrogens with zero attached hydrogens (tertiary/aromatic N) is 1. The molecule has 2 aromatic rings. The average Bonchev–Trinajstić information content (AvgIpc) is 3.08. The Kier molecular flexibility index (Phi) is 3.13. The third kappa shape index (κ3) is 1.80. The van der Waals surface area contributed by atoms with Gasteiger partial charge in [0.15, 0.2) is 0 Å². The number of ether oxygens (including phenoxy) is 1.